The highest BCUT2D eigenvalue weighted by molar-refractivity contribution is 6.09. The summed E-state index contributed by atoms with van der Waals surface area (Å²) in [5.41, 5.74) is 12.3. The smallest absolute Gasteiger partial charge is 0.285 e. The van der Waals surface area contributed by atoms with Gasteiger partial charge in [0, 0.05) is 18.4 Å². The summed E-state index contributed by atoms with van der Waals surface area (Å²) in [6, 6.07) is 0. The summed E-state index contributed by atoms with van der Waals surface area (Å²) >= 11 is 0. The van der Waals surface area contributed by atoms with Crippen LogP contribution in [0.4, 0.5) is 4.39 Å². The number of aromatic amines is 1. The average Bonchev–Trinajstić information content (AvgIpc) is 3.23. The summed E-state index contributed by atoms with van der Waals surface area (Å²) < 4.78 is 15.8. The summed E-state index contributed by atoms with van der Waals surface area (Å²) in [5.74, 6) is -1.14. The fraction of sp³-hybridized carbons (Fsp3) is 0.250. The van der Waals surface area contributed by atoms with E-state index in [1.807, 2.05) is 0 Å². The number of fused-ring (bicyclic) bond motifs is 1. The lowest BCUT2D eigenvalue weighted by molar-refractivity contribution is 0.0990. The monoisotopic (exact) mass is 371 g/mol. The minimum absolute atomic E-state index is 0.0168. The third-order valence-corrected chi connectivity index (χ3v) is 3.67. The molecule has 5 N–H and O–H groups in total. The molecule has 0 saturated heterocycles. The lowest BCUT2D eigenvalue weighted by atomic mass is 10.2. The summed E-state index contributed by atoms with van der Waals surface area (Å²) in [7, 11) is 0. The number of nitrogens with two attached hydrogens (primary N) is 2. The third kappa shape index (κ3) is 3.26. The molecule has 3 heterocycles. The average molecular weight is 371 g/mol. The Hall–Kier alpha value is -3.63. The SMILES string of the molecule is CCN=C(/C(F)=C(/C)N)c1nc(-c2nc(C(N)=O)n3cc(C)ncc23)n[nH]1. The minimum Gasteiger partial charge on any atom is -0.400 e. The van der Waals surface area contributed by atoms with Crippen molar-refractivity contribution >= 4 is 17.1 Å². The number of nitrogens with zero attached hydrogens (tertiary/aromatic N) is 6. The van der Waals surface area contributed by atoms with Crippen LogP contribution in [0.25, 0.3) is 17.0 Å². The fourth-order valence-corrected chi connectivity index (χ4v) is 2.49. The molecule has 3 rings (SSSR count). The van der Waals surface area contributed by atoms with Gasteiger partial charge in [0.05, 0.1) is 17.4 Å². The number of aliphatic imine (C=N–C) groups is 1. The number of carbonyl (C=O) groups is 1. The number of amides is 1. The van der Waals surface area contributed by atoms with Crippen LogP contribution in [-0.2, 0) is 0 Å². The van der Waals surface area contributed by atoms with Gasteiger partial charge in [0.25, 0.3) is 5.91 Å². The van der Waals surface area contributed by atoms with Crippen molar-refractivity contribution in [3.8, 4) is 11.5 Å². The molecular weight excluding hydrogens is 353 g/mol. The molecule has 0 unspecified atom stereocenters. The van der Waals surface area contributed by atoms with Crippen LogP contribution >= 0.6 is 0 Å². The third-order valence-electron chi connectivity index (χ3n) is 3.67. The van der Waals surface area contributed by atoms with Gasteiger partial charge in [-0.3, -0.25) is 24.3 Å². The Labute approximate surface area is 153 Å². The first kappa shape index (κ1) is 18.2. The van der Waals surface area contributed by atoms with Gasteiger partial charge in [-0.2, -0.15) is 5.10 Å². The normalized spacial score (nSPS) is 13.1. The van der Waals surface area contributed by atoms with Gasteiger partial charge in [-0.1, -0.05) is 0 Å². The molecule has 0 spiro atoms. The van der Waals surface area contributed by atoms with E-state index in [9.17, 15) is 9.18 Å². The van der Waals surface area contributed by atoms with E-state index in [-0.39, 0.29) is 34.6 Å². The molecule has 1 amide bonds. The highest BCUT2D eigenvalue weighted by Gasteiger charge is 2.22. The van der Waals surface area contributed by atoms with E-state index in [0.29, 0.717) is 17.8 Å². The van der Waals surface area contributed by atoms with Crippen LogP contribution in [-0.4, -0.2) is 47.7 Å². The van der Waals surface area contributed by atoms with Crippen LogP contribution < -0.4 is 11.5 Å². The number of allylic oxidation sites excluding steroid dienone is 2. The fourth-order valence-electron chi connectivity index (χ4n) is 2.49. The molecule has 0 radical (unpaired) electrons. The number of hydrogen-bond acceptors (Lipinski definition) is 7. The van der Waals surface area contributed by atoms with E-state index in [4.69, 9.17) is 11.5 Å². The number of rotatable bonds is 5. The van der Waals surface area contributed by atoms with E-state index in [2.05, 4.69) is 30.1 Å². The minimum atomic E-state index is -0.710. The number of carbonyl (C=O) groups excluding carboxylic acids is 1. The lowest BCUT2D eigenvalue weighted by Gasteiger charge is -2.01. The number of aromatic nitrogens is 6. The van der Waals surface area contributed by atoms with Crippen LogP contribution in [0.3, 0.4) is 0 Å². The maximum absolute atomic E-state index is 14.3. The maximum Gasteiger partial charge on any atom is 0.285 e. The predicted molar refractivity (Wildman–Crippen MR) is 96.7 cm³/mol. The molecule has 0 aliphatic rings. The molecule has 27 heavy (non-hydrogen) atoms. The Bertz CT molecular complexity index is 1090. The van der Waals surface area contributed by atoms with Gasteiger partial charge in [-0.05, 0) is 20.8 Å². The zero-order chi connectivity index (χ0) is 19.7. The van der Waals surface area contributed by atoms with E-state index in [0.717, 1.165) is 0 Å². The standard InChI is InChI=1S/C16H18FN9O/c1-4-20-12(10(17)8(3)18)15-23-14(24-25-15)11-9-5-21-7(2)6-26(9)16(22-11)13(19)27/h5-6H,4,18H2,1-3H3,(H2,19,27)(H,23,24,25)/b10-8+,20-12?. The highest BCUT2D eigenvalue weighted by atomic mass is 19.1. The summed E-state index contributed by atoms with van der Waals surface area (Å²) in [4.78, 5) is 28.5. The van der Waals surface area contributed by atoms with Crippen LogP contribution in [0, 0.1) is 6.92 Å². The van der Waals surface area contributed by atoms with Crippen molar-refractivity contribution in [1.82, 2.24) is 29.5 Å². The van der Waals surface area contributed by atoms with Gasteiger partial charge in [0.15, 0.2) is 11.7 Å². The number of primary amides is 1. The van der Waals surface area contributed by atoms with Gasteiger partial charge in [-0.15, -0.1) is 0 Å². The highest BCUT2D eigenvalue weighted by Crippen LogP contribution is 2.22. The number of aryl methyl sites for hydroxylation is 1. The molecule has 0 atom stereocenters. The summed E-state index contributed by atoms with van der Waals surface area (Å²) in [6.45, 7) is 5.28. The van der Waals surface area contributed by atoms with Gasteiger partial charge < -0.3 is 11.5 Å². The number of H-pyrrole nitrogens is 1. The second-order valence-corrected chi connectivity index (χ2v) is 5.76. The Morgan fingerprint density at radius 1 is 1.37 bits per heavy atom. The molecule has 3 aromatic rings. The molecule has 10 nitrogen and oxygen atoms in total. The second-order valence-electron chi connectivity index (χ2n) is 5.76. The zero-order valence-corrected chi connectivity index (χ0v) is 15.0. The number of nitrogens with one attached hydrogen (secondary N) is 1. The molecule has 140 valence electrons. The molecule has 0 saturated carbocycles. The van der Waals surface area contributed by atoms with Crippen LogP contribution in [0.15, 0.2) is 28.9 Å². The first-order valence-electron chi connectivity index (χ1n) is 8.07. The first-order valence-corrected chi connectivity index (χ1v) is 8.07. The van der Waals surface area contributed by atoms with Gasteiger partial charge in [0.1, 0.15) is 11.4 Å². The first-order chi connectivity index (χ1) is 12.8. The van der Waals surface area contributed by atoms with E-state index >= 15 is 0 Å². The van der Waals surface area contributed by atoms with Crippen molar-refractivity contribution in [3.63, 3.8) is 0 Å². The topological polar surface area (TPSA) is 153 Å². The lowest BCUT2D eigenvalue weighted by Crippen LogP contribution is -2.15. The Kier molecular flexibility index (Phi) is 4.67. The molecule has 0 aliphatic heterocycles. The number of hydrogen-bond donors (Lipinski definition) is 3. The number of imidazole rings is 1. The largest absolute Gasteiger partial charge is 0.400 e. The molecule has 0 aromatic carbocycles. The van der Waals surface area contributed by atoms with E-state index in [1.54, 1.807) is 20.0 Å². The van der Waals surface area contributed by atoms with Crippen molar-refractivity contribution in [2.45, 2.75) is 20.8 Å². The van der Waals surface area contributed by atoms with Crippen molar-refractivity contribution in [2.75, 3.05) is 6.54 Å². The molecule has 11 heteroatoms. The molecule has 0 bridgehead atoms. The van der Waals surface area contributed by atoms with Gasteiger partial charge in [-0.25, -0.2) is 14.4 Å². The zero-order valence-electron chi connectivity index (χ0n) is 15.0. The quantitative estimate of drug-likeness (QED) is 0.566. The summed E-state index contributed by atoms with van der Waals surface area (Å²) in [5, 5.41) is 6.71. The van der Waals surface area contributed by atoms with Gasteiger partial charge in [0.2, 0.25) is 11.6 Å². The maximum atomic E-state index is 14.3. The number of halogens is 1. The molecule has 0 fully saturated rings. The molecule has 3 aromatic heterocycles. The Morgan fingerprint density at radius 2 is 2.11 bits per heavy atom. The van der Waals surface area contributed by atoms with E-state index in [1.165, 1.54) is 17.5 Å². The van der Waals surface area contributed by atoms with Crippen LogP contribution in [0.1, 0.15) is 36.0 Å². The molecule has 0 aliphatic carbocycles. The van der Waals surface area contributed by atoms with Crippen molar-refractivity contribution in [2.24, 2.45) is 16.5 Å². The molecular formula is C16H18FN9O. The summed E-state index contributed by atoms with van der Waals surface area (Å²) in [6.07, 6.45) is 3.16. The van der Waals surface area contributed by atoms with Gasteiger partial charge >= 0.3 is 0 Å². The predicted octanol–water partition coefficient (Wildman–Crippen LogP) is 0.890. The Balaban J connectivity index is 2.16. The van der Waals surface area contributed by atoms with Crippen molar-refractivity contribution in [1.29, 1.82) is 0 Å². The van der Waals surface area contributed by atoms with Crippen LogP contribution in [0.2, 0.25) is 0 Å². The van der Waals surface area contributed by atoms with Crippen LogP contribution in [0.5, 0.6) is 0 Å². The van der Waals surface area contributed by atoms with Crippen molar-refractivity contribution < 1.29 is 9.18 Å². The van der Waals surface area contributed by atoms with Crippen molar-refractivity contribution in [3.05, 3.63) is 41.3 Å². The van der Waals surface area contributed by atoms with E-state index < -0.39 is 11.7 Å². The second kappa shape index (κ2) is 6.94. The Morgan fingerprint density at radius 3 is 2.74 bits per heavy atom.